The lowest BCUT2D eigenvalue weighted by molar-refractivity contribution is -0.118. The van der Waals surface area contributed by atoms with Gasteiger partial charge in [0.2, 0.25) is 5.91 Å². The monoisotopic (exact) mass is 361 g/mol. The Morgan fingerprint density at radius 3 is 2.04 bits per heavy atom. The molecule has 0 aromatic heterocycles. The Hall–Kier alpha value is -3.29. The third-order valence-corrected chi connectivity index (χ3v) is 3.37. The van der Waals surface area contributed by atoms with Gasteiger partial charge in [-0.2, -0.15) is 0 Å². The molecule has 0 aliphatic heterocycles. The van der Waals surface area contributed by atoms with Gasteiger partial charge in [-0.15, -0.1) is 0 Å². The van der Waals surface area contributed by atoms with Crippen LogP contribution in [0.5, 0.6) is 0 Å². The largest absolute Gasteiger partial charge is 0.355 e. The summed E-state index contributed by atoms with van der Waals surface area (Å²) in [6, 6.07) is 8.90. The van der Waals surface area contributed by atoms with Gasteiger partial charge in [0.05, 0.1) is 0 Å². The summed E-state index contributed by atoms with van der Waals surface area (Å²) in [7, 11) is 0. The van der Waals surface area contributed by atoms with E-state index in [1.54, 1.807) is 0 Å². The van der Waals surface area contributed by atoms with Crippen LogP contribution in [0.3, 0.4) is 0 Å². The highest BCUT2D eigenvalue weighted by Crippen LogP contribution is 2.13. The summed E-state index contributed by atoms with van der Waals surface area (Å²) in [5.74, 6) is -3.25. The SMILES string of the molecule is CC(=O)NCCNC(=O)c1ccc(NC(=O)c2ccc(F)c(F)c2)cc1. The molecule has 0 aliphatic carbocycles. The summed E-state index contributed by atoms with van der Waals surface area (Å²) < 4.78 is 26.1. The van der Waals surface area contributed by atoms with E-state index in [4.69, 9.17) is 0 Å². The van der Waals surface area contributed by atoms with Gasteiger partial charge in [0.25, 0.3) is 11.8 Å². The van der Waals surface area contributed by atoms with Crippen molar-refractivity contribution in [3.63, 3.8) is 0 Å². The Labute approximate surface area is 148 Å². The number of carbonyl (C=O) groups excluding carboxylic acids is 3. The second-order valence-electron chi connectivity index (χ2n) is 5.40. The van der Waals surface area contributed by atoms with Crippen LogP contribution < -0.4 is 16.0 Å². The van der Waals surface area contributed by atoms with E-state index in [1.807, 2.05) is 0 Å². The number of hydrogen-bond acceptors (Lipinski definition) is 3. The van der Waals surface area contributed by atoms with Crippen LogP contribution in [-0.2, 0) is 4.79 Å². The maximum absolute atomic E-state index is 13.2. The second-order valence-corrected chi connectivity index (χ2v) is 5.40. The molecule has 0 spiro atoms. The standard InChI is InChI=1S/C18H17F2N3O3/c1-11(24)21-8-9-22-17(25)12-2-5-14(6-3-12)23-18(26)13-4-7-15(19)16(20)10-13/h2-7,10H,8-9H2,1H3,(H,21,24)(H,22,25)(H,23,26). The summed E-state index contributed by atoms with van der Waals surface area (Å²) in [6.45, 7) is 1.99. The fraction of sp³-hybridized carbons (Fsp3) is 0.167. The summed E-state index contributed by atoms with van der Waals surface area (Å²) in [5.41, 5.74) is 0.747. The number of halogens is 2. The van der Waals surface area contributed by atoms with Crippen molar-refractivity contribution < 1.29 is 23.2 Å². The van der Waals surface area contributed by atoms with Crippen LogP contribution >= 0.6 is 0 Å². The van der Waals surface area contributed by atoms with Gasteiger partial charge in [-0.05, 0) is 42.5 Å². The number of carbonyl (C=O) groups is 3. The zero-order valence-corrected chi connectivity index (χ0v) is 13.9. The molecule has 2 rings (SSSR count). The average Bonchev–Trinajstić information content (AvgIpc) is 2.61. The Morgan fingerprint density at radius 2 is 1.42 bits per heavy atom. The van der Waals surface area contributed by atoms with E-state index in [9.17, 15) is 23.2 Å². The predicted octanol–water partition coefficient (Wildman–Crippen LogP) is 2.08. The Bertz CT molecular complexity index is 823. The first-order chi connectivity index (χ1) is 12.4. The lowest BCUT2D eigenvalue weighted by Crippen LogP contribution is -2.33. The summed E-state index contributed by atoms with van der Waals surface area (Å²) in [6.07, 6.45) is 0. The van der Waals surface area contributed by atoms with Gasteiger partial charge in [0.15, 0.2) is 11.6 Å². The minimum absolute atomic E-state index is 0.0244. The van der Waals surface area contributed by atoms with Crippen molar-refractivity contribution in [1.29, 1.82) is 0 Å². The Morgan fingerprint density at radius 1 is 0.808 bits per heavy atom. The lowest BCUT2D eigenvalue weighted by atomic mass is 10.1. The molecule has 6 nitrogen and oxygen atoms in total. The van der Waals surface area contributed by atoms with Crippen LogP contribution in [0.4, 0.5) is 14.5 Å². The van der Waals surface area contributed by atoms with E-state index in [1.165, 1.54) is 37.3 Å². The van der Waals surface area contributed by atoms with Gasteiger partial charge in [0, 0.05) is 36.8 Å². The third kappa shape index (κ3) is 5.37. The molecule has 0 heterocycles. The zero-order valence-electron chi connectivity index (χ0n) is 13.9. The number of rotatable bonds is 6. The van der Waals surface area contributed by atoms with Gasteiger partial charge in [-0.25, -0.2) is 8.78 Å². The van der Waals surface area contributed by atoms with E-state index in [2.05, 4.69) is 16.0 Å². The first kappa shape index (κ1) is 19.0. The van der Waals surface area contributed by atoms with E-state index < -0.39 is 17.5 Å². The Balaban J connectivity index is 1.92. The van der Waals surface area contributed by atoms with E-state index >= 15 is 0 Å². The molecule has 0 bridgehead atoms. The van der Waals surface area contributed by atoms with E-state index in [-0.39, 0.29) is 23.9 Å². The maximum Gasteiger partial charge on any atom is 0.255 e. The van der Waals surface area contributed by atoms with Crippen LogP contribution in [0.2, 0.25) is 0 Å². The minimum atomic E-state index is -1.11. The fourth-order valence-electron chi connectivity index (χ4n) is 2.06. The van der Waals surface area contributed by atoms with E-state index in [0.29, 0.717) is 17.8 Å². The zero-order chi connectivity index (χ0) is 19.1. The van der Waals surface area contributed by atoms with Crippen LogP contribution in [0, 0.1) is 11.6 Å². The minimum Gasteiger partial charge on any atom is -0.355 e. The van der Waals surface area contributed by atoms with Gasteiger partial charge >= 0.3 is 0 Å². The lowest BCUT2D eigenvalue weighted by Gasteiger charge is -2.08. The number of anilines is 1. The van der Waals surface area contributed by atoms with Gasteiger partial charge in [0.1, 0.15) is 0 Å². The molecule has 0 saturated carbocycles. The predicted molar refractivity (Wildman–Crippen MR) is 91.8 cm³/mol. The molecule has 2 aromatic rings. The second kappa shape index (κ2) is 8.70. The molecule has 3 amide bonds. The van der Waals surface area contributed by atoms with Crippen LogP contribution in [-0.4, -0.2) is 30.8 Å². The third-order valence-electron chi connectivity index (χ3n) is 3.37. The molecule has 2 aromatic carbocycles. The number of benzene rings is 2. The van der Waals surface area contributed by atoms with Gasteiger partial charge < -0.3 is 16.0 Å². The van der Waals surface area contributed by atoms with Crippen molar-refractivity contribution >= 4 is 23.4 Å². The summed E-state index contributed by atoms with van der Waals surface area (Å²) >= 11 is 0. The first-order valence-corrected chi connectivity index (χ1v) is 7.76. The maximum atomic E-state index is 13.2. The molecule has 26 heavy (non-hydrogen) atoms. The molecule has 0 fully saturated rings. The van der Waals surface area contributed by atoms with Gasteiger partial charge in [-0.1, -0.05) is 0 Å². The molecule has 3 N–H and O–H groups in total. The first-order valence-electron chi connectivity index (χ1n) is 7.76. The molecule has 0 aliphatic rings. The summed E-state index contributed by atoms with van der Waals surface area (Å²) in [5, 5.41) is 7.72. The van der Waals surface area contributed by atoms with Crippen LogP contribution in [0.15, 0.2) is 42.5 Å². The highest BCUT2D eigenvalue weighted by molar-refractivity contribution is 6.04. The summed E-state index contributed by atoms with van der Waals surface area (Å²) in [4.78, 5) is 34.7. The van der Waals surface area contributed by atoms with Gasteiger partial charge in [-0.3, -0.25) is 14.4 Å². The Kier molecular flexibility index (Phi) is 6.37. The molecular weight excluding hydrogens is 344 g/mol. The molecule has 0 unspecified atom stereocenters. The van der Waals surface area contributed by atoms with E-state index in [0.717, 1.165) is 12.1 Å². The van der Waals surface area contributed by atoms with Crippen molar-refractivity contribution in [2.45, 2.75) is 6.92 Å². The molecular formula is C18H17F2N3O3. The highest BCUT2D eigenvalue weighted by atomic mass is 19.2. The molecule has 136 valence electrons. The fourth-order valence-corrected chi connectivity index (χ4v) is 2.06. The molecule has 0 saturated heterocycles. The van der Waals surface area contributed by atoms with Crippen molar-refractivity contribution in [3.8, 4) is 0 Å². The number of amides is 3. The quantitative estimate of drug-likeness (QED) is 0.689. The number of nitrogens with one attached hydrogen (secondary N) is 3. The van der Waals surface area contributed by atoms with Crippen molar-refractivity contribution in [3.05, 3.63) is 65.2 Å². The van der Waals surface area contributed by atoms with Crippen LogP contribution in [0.1, 0.15) is 27.6 Å². The smallest absolute Gasteiger partial charge is 0.255 e. The van der Waals surface area contributed by atoms with Crippen LogP contribution in [0.25, 0.3) is 0 Å². The van der Waals surface area contributed by atoms with Crippen molar-refractivity contribution in [1.82, 2.24) is 10.6 Å². The molecule has 0 atom stereocenters. The molecule has 0 radical (unpaired) electrons. The normalized spacial score (nSPS) is 10.1. The van der Waals surface area contributed by atoms with Crippen molar-refractivity contribution in [2.24, 2.45) is 0 Å². The topological polar surface area (TPSA) is 87.3 Å². The molecule has 8 heteroatoms. The average molecular weight is 361 g/mol. The number of hydrogen-bond donors (Lipinski definition) is 3. The highest BCUT2D eigenvalue weighted by Gasteiger charge is 2.11. The van der Waals surface area contributed by atoms with Crippen molar-refractivity contribution in [2.75, 3.05) is 18.4 Å².